The van der Waals surface area contributed by atoms with Crippen LogP contribution in [0, 0.1) is 0 Å². The number of ketones is 1. The van der Waals surface area contributed by atoms with Gasteiger partial charge in [-0.1, -0.05) is 12.8 Å². The lowest BCUT2D eigenvalue weighted by molar-refractivity contribution is -0.125. The Balaban J connectivity index is 2.33. The number of likely N-dealkylation sites (N-methyl/N-ethyl adjacent to an activating group) is 1. The topological polar surface area (TPSA) is 58.2 Å². The van der Waals surface area contributed by atoms with Crippen LogP contribution in [0.4, 0.5) is 0 Å². The highest BCUT2D eigenvalue weighted by atomic mass is 16.2. The van der Waals surface area contributed by atoms with E-state index in [9.17, 15) is 9.59 Å². The van der Waals surface area contributed by atoms with Gasteiger partial charge >= 0.3 is 0 Å². The van der Waals surface area contributed by atoms with Crippen molar-refractivity contribution >= 4 is 11.7 Å². The molecule has 92 valence electrons. The summed E-state index contributed by atoms with van der Waals surface area (Å²) in [7, 11) is 1.94. The van der Waals surface area contributed by atoms with Crippen LogP contribution in [-0.2, 0) is 9.59 Å². The molecule has 0 heterocycles. The van der Waals surface area contributed by atoms with Crippen molar-refractivity contribution in [2.24, 2.45) is 0 Å². The molecule has 0 spiro atoms. The minimum atomic E-state index is 0.00218. The molecule has 0 bridgehead atoms. The number of hydrogen-bond donors (Lipinski definition) is 2. The maximum atomic E-state index is 11.6. The first kappa shape index (κ1) is 13.2. The number of rotatable bonds is 5. The van der Waals surface area contributed by atoms with Crippen LogP contribution >= 0.6 is 0 Å². The van der Waals surface area contributed by atoms with Crippen LogP contribution < -0.4 is 10.6 Å². The molecule has 1 fully saturated rings. The van der Waals surface area contributed by atoms with Gasteiger partial charge in [0.1, 0.15) is 5.78 Å². The van der Waals surface area contributed by atoms with Crippen LogP contribution in [0.3, 0.4) is 0 Å². The Bertz CT molecular complexity index is 253. The van der Waals surface area contributed by atoms with Crippen LogP contribution in [0.5, 0.6) is 0 Å². The number of hydrogen-bond acceptors (Lipinski definition) is 3. The van der Waals surface area contributed by atoms with Crippen molar-refractivity contribution in [2.75, 3.05) is 7.05 Å². The van der Waals surface area contributed by atoms with Gasteiger partial charge in [-0.15, -0.1) is 0 Å². The molecule has 1 rings (SSSR count). The molecule has 0 aliphatic heterocycles. The van der Waals surface area contributed by atoms with E-state index in [1.807, 2.05) is 7.05 Å². The second-order valence-corrected chi connectivity index (χ2v) is 4.56. The molecule has 0 saturated heterocycles. The van der Waals surface area contributed by atoms with Gasteiger partial charge in [0.15, 0.2) is 0 Å². The molecule has 0 aromatic rings. The van der Waals surface area contributed by atoms with E-state index in [4.69, 9.17) is 0 Å². The van der Waals surface area contributed by atoms with Crippen LogP contribution in [-0.4, -0.2) is 30.8 Å². The van der Waals surface area contributed by atoms with Gasteiger partial charge in [0, 0.05) is 24.9 Å². The first-order valence-electron chi connectivity index (χ1n) is 6.09. The Morgan fingerprint density at radius 3 is 2.31 bits per heavy atom. The van der Waals surface area contributed by atoms with Crippen molar-refractivity contribution in [2.45, 2.75) is 57.5 Å². The van der Waals surface area contributed by atoms with Gasteiger partial charge in [0.2, 0.25) is 5.91 Å². The second-order valence-electron chi connectivity index (χ2n) is 4.56. The molecular formula is C12H22N2O2. The number of amides is 1. The van der Waals surface area contributed by atoms with Crippen molar-refractivity contribution in [3.05, 3.63) is 0 Å². The lowest BCUT2D eigenvalue weighted by Gasteiger charge is -2.31. The van der Waals surface area contributed by atoms with E-state index >= 15 is 0 Å². The number of Topliss-reactive ketones (excluding diaryl/α,β-unsaturated/α-hetero) is 1. The largest absolute Gasteiger partial charge is 0.352 e. The molecule has 4 nitrogen and oxygen atoms in total. The Labute approximate surface area is 97.2 Å². The fourth-order valence-corrected chi connectivity index (χ4v) is 2.22. The Morgan fingerprint density at radius 1 is 1.12 bits per heavy atom. The lowest BCUT2D eigenvalue weighted by atomic mass is 9.90. The fourth-order valence-electron chi connectivity index (χ4n) is 2.22. The maximum absolute atomic E-state index is 11.6. The second kappa shape index (κ2) is 6.63. The highest BCUT2D eigenvalue weighted by Crippen LogP contribution is 2.18. The van der Waals surface area contributed by atoms with Gasteiger partial charge in [0.05, 0.1) is 0 Å². The molecule has 1 aliphatic rings. The van der Waals surface area contributed by atoms with Gasteiger partial charge in [-0.05, 0) is 26.8 Å². The normalized spacial score (nSPS) is 25.1. The zero-order valence-corrected chi connectivity index (χ0v) is 10.2. The Hall–Kier alpha value is -0.900. The minimum absolute atomic E-state index is 0.00218. The first-order chi connectivity index (χ1) is 7.63. The average Bonchev–Trinajstić information content (AvgIpc) is 2.27. The van der Waals surface area contributed by atoms with Gasteiger partial charge in [-0.3, -0.25) is 4.79 Å². The third-order valence-corrected chi connectivity index (χ3v) is 3.19. The molecule has 0 aromatic heterocycles. The standard InChI is InChI=1S/C12H22N2O2/c1-9(15)7-8-12(16)14-11-6-4-3-5-10(11)13-2/h10-11,13H,3-8H2,1-2H3,(H,14,16). The van der Waals surface area contributed by atoms with E-state index < -0.39 is 0 Å². The SMILES string of the molecule is CNC1CCCCC1NC(=O)CCC(C)=O. The molecule has 4 heteroatoms. The van der Waals surface area contributed by atoms with Crippen molar-refractivity contribution < 1.29 is 9.59 Å². The van der Waals surface area contributed by atoms with Crippen LogP contribution in [0.2, 0.25) is 0 Å². The molecule has 1 aliphatic carbocycles. The van der Waals surface area contributed by atoms with Crippen molar-refractivity contribution in [3.8, 4) is 0 Å². The van der Waals surface area contributed by atoms with E-state index in [2.05, 4.69) is 10.6 Å². The van der Waals surface area contributed by atoms with Crippen LogP contribution in [0.15, 0.2) is 0 Å². The van der Waals surface area contributed by atoms with E-state index in [0.29, 0.717) is 18.9 Å². The lowest BCUT2D eigenvalue weighted by Crippen LogP contribution is -2.50. The maximum Gasteiger partial charge on any atom is 0.220 e. The zero-order chi connectivity index (χ0) is 12.0. The van der Waals surface area contributed by atoms with Gasteiger partial charge in [-0.25, -0.2) is 0 Å². The summed E-state index contributed by atoms with van der Waals surface area (Å²) in [5, 5.41) is 6.26. The number of carbonyl (C=O) groups excluding carboxylic acids is 2. The highest BCUT2D eigenvalue weighted by Gasteiger charge is 2.24. The average molecular weight is 226 g/mol. The Kier molecular flexibility index (Phi) is 5.46. The predicted molar refractivity (Wildman–Crippen MR) is 63.2 cm³/mol. The third-order valence-electron chi connectivity index (χ3n) is 3.19. The molecule has 0 aromatic carbocycles. The molecule has 1 saturated carbocycles. The van der Waals surface area contributed by atoms with Crippen molar-refractivity contribution in [1.82, 2.24) is 10.6 Å². The summed E-state index contributed by atoms with van der Waals surface area (Å²) in [6, 6.07) is 0.619. The number of carbonyl (C=O) groups is 2. The summed E-state index contributed by atoms with van der Waals surface area (Å²) < 4.78 is 0. The minimum Gasteiger partial charge on any atom is -0.352 e. The van der Waals surface area contributed by atoms with E-state index in [0.717, 1.165) is 12.8 Å². The summed E-state index contributed by atoms with van der Waals surface area (Å²) in [4.78, 5) is 22.4. The molecular weight excluding hydrogens is 204 g/mol. The highest BCUT2D eigenvalue weighted by molar-refractivity contribution is 5.83. The van der Waals surface area contributed by atoms with Crippen molar-refractivity contribution in [1.29, 1.82) is 0 Å². The van der Waals surface area contributed by atoms with Crippen molar-refractivity contribution in [3.63, 3.8) is 0 Å². The first-order valence-corrected chi connectivity index (χ1v) is 6.09. The quantitative estimate of drug-likeness (QED) is 0.735. The smallest absolute Gasteiger partial charge is 0.220 e. The predicted octanol–water partition coefficient (Wildman–Crippen LogP) is 1.00. The van der Waals surface area contributed by atoms with Gasteiger partial charge in [-0.2, -0.15) is 0 Å². The molecule has 1 amide bonds. The van der Waals surface area contributed by atoms with E-state index in [1.54, 1.807) is 0 Å². The van der Waals surface area contributed by atoms with Crippen LogP contribution in [0.1, 0.15) is 45.4 Å². The summed E-state index contributed by atoms with van der Waals surface area (Å²) >= 11 is 0. The monoisotopic (exact) mass is 226 g/mol. The van der Waals surface area contributed by atoms with Crippen LogP contribution in [0.25, 0.3) is 0 Å². The third kappa shape index (κ3) is 4.31. The van der Waals surface area contributed by atoms with E-state index in [-0.39, 0.29) is 17.7 Å². The summed E-state index contributed by atoms with van der Waals surface area (Å²) in [6.45, 7) is 1.52. The fraction of sp³-hybridized carbons (Fsp3) is 0.833. The molecule has 0 radical (unpaired) electrons. The summed E-state index contributed by atoms with van der Waals surface area (Å²) in [5.74, 6) is 0.0753. The summed E-state index contributed by atoms with van der Waals surface area (Å²) in [5.41, 5.74) is 0. The zero-order valence-electron chi connectivity index (χ0n) is 10.2. The Morgan fingerprint density at radius 2 is 1.75 bits per heavy atom. The van der Waals surface area contributed by atoms with E-state index in [1.165, 1.54) is 19.8 Å². The molecule has 2 unspecified atom stereocenters. The van der Waals surface area contributed by atoms with Gasteiger partial charge < -0.3 is 15.4 Å². The molecule has 2 atom stereocenters. The summed E-state index contributed by atoms with van der Waals surface area (Å²) in [6.07, 6.45) is 5.23. The molecule has 16 heavy (non-hydrogen) atoms. The van der Waals surface area contributed by atoms with Gasteiger partial charge in [0.25, 0.3) is 0 Å². The molecule has 2 N–H and O–H groups in total. The number of nitrogens with one attached hydrogen (secondary N) is 2.